The van der Waals surface area contributed by atoms with Gasteiger partial charge in [0.05, 0.1) is 11.5 Å². The minimum absolute atomic E-state index is 0.0206. The first-order chi connectivity index (χ1) is 9.11. The van der Waals surface area contributed by atoms with Gasteiger partial charge in [0, 0.05) is 12.2 Å². The van der Waals surface area contributed by atoms with Crippen LogP contribution in [0.2, 0.25) is 0 Å². The molecule has 10 heteroatoms. The molecule has 2 amide bonds. The molecule has 0 aliphatic rings. The van der Waals surface area contributed by atoms with Gasteiger partial charge in [-0.25, -0.2) is 4.79 Å². The number of carbonyl (C=O) groups excluding carboxylic acids is 2. The Hall–Kier alpha value is -0.970. The fourth-order valence-electron chi connectivity index (χ4n) is 0.893. The number of hydrogen-bond donors (Lipinski definition) is 7. The maximum atomic E-state index is 11.3. The summed E-state index contributed by atoms with van der Waals surface area (Å²) in [4.78, 5) is 32.4. The molecule has 0 spiro atoms. The fraction of sp³-hybridized carbons (Fsp3) is 0.700. The lowest BCUT2D eigenvalue weighted by atomic mass is 10.1. The number of nitrogens with two attached hydrogens (primary N) is 2. The molecule has 0 fully saturated rings. The van der Waals surface area contributed by atoms with Gasteiger partial charge in [-0.3, -0.25) is 9.59 Å². The van der Waals surface area contributed by atoms with Gasteiger partial charge in [-0.05, 0) is 13.3 Å². The number of carboxylic acids is 1. The molecule has 3 atom stereocenters. The Morgan fingerprint density at radius 2 is 1.80 bits per heavy atom. The summed E-state index contributed by atoms with van der Waals surface area (Å²) in [5, 5.41) is 18.8. The maximum absolute atomic E-state index is 11.3. The van der Waals surface area contributed by atoms with Crippen molar-refractivity contribution in [3.05, 3.63) is 0 Å². The van der Waals surface area contributed by atoms with Crippen molar-refractivity contribution in [2.24, 2.45) is 11.5 Å². The van der Waals surface area contributed by atoms with Crippen molar-refractivity contribution in [3.8, 4) is 0 Å². The van der Waals surface area contributed by atoms with Gasteiger partial charge in [-0.15, -0.1) is 12.6 Å². The van der Waals surface area contributed by atoms with Crippen molar-refractivity contribution in [1.82, 2.24) is 5.32 Å². The molecule has 0 saturated carbocycles. The molecule has 0 radical (unpaired) electrons. The van der Waals surface area contributed by atoms with E-state index in [-0.39, 0.29) is 18.6 Å². The molecule has 7 N–H and O–H groups in total. The molecule has 0 aromatic rings. The number of hydrogen-bond acceptors (Lipinski definition) is 7. The predicted octanol–water partition coefficient (Wildman–Crippen LogP) is -1.67. The molecule has 0 aliphatic heterocycles. The minimum atomic E-state index is -1.19. The summed E-state index contributed by atoms with van der Waals surface area (Å²) < 4.78 is 0. The van der Waals surface area contributed by atoms with Crippen LogP contribution in [0.15, 0.2) is 0 Å². The summed E-state index contributed by atoms with van der Waals surface area (Å²) in [7, 11) is 0. The number of aliphatic hydroxyl groups excluding tert-OH is 1. The number of aliphatic hydroxyl groups is 1. The third kappa shape index (κ3) is 13.5. The Morgan fingerprint density at radius 3 is 2.10 bits per heavy atom. The molecule has 20 heavy (non-hydrogen) atoms. The second kappa shape index (κ2) is 11.8. The van der Waals surface area contributed by atoms with Crippen LogP contribution in [-0.2, 0) is 14.4 Å². The van der Waals surface area contributed by atoms with Gasteiger partial charge in [0.25, 0.3) is 0 Å². The van der Waals surface area contributed by atoms with Gasteiger partial charge in [0.1, 0.15) is 6.04 Å². The first kappa shape index (κ1) is 21.3. The summed E-state index contributed by atoms with van der Waals surface area (Å²) in [5.74, 6) is -2.43. The first-order valence-electron chi connectivity index (χ1n) is 5.65. The van der Waals surface area contributed by atoms with E-state index < -0.39 is 35.3 Å². The topological polar surface area (TPSA) is 156 Å². The molecule has 0 bridgehead atoms. The van der Waals surface area contributed by atoms with Crippen molar-refractivity contribution in [2.45, 2.75) is 37.3 Å². The fourth-order valence-corrected chi connectivity index (χ4v) is 1.14. The van der Waals surface area contributed by atoms with Crippen molar-refractivity contribution < 1.29 is 24.6 Å². The Bertz CT molecular complexity index is 325. The van der Waals surface area contributed by atoms with Gasteiger partial charge in [-0.2, -0.15) is 12.6 Å². The van der Waals surface area contributed by atoms with Crippen molar-refractivity contribution >= 4 is 43.0 Å². The quantitative estimate of drug-likeness (QED) is 0.219. The number of thiol groups is 2. The van der Waals surface area contributed by atoms with Crippen LogP contribution in [0.1, 0.15) is 19.8 Å². The minimum Gasteiger partial charge on any atom is -0.480 e. The third-order valence-corrected chi connectivity index (χ3v) is 2.20. The second-order valence-electron chi connectivity index (χ2n) is 3.83. The van der Waals surface area contributed by atoms with E-state index in [1.54, 1.807) is 6.92 Å². The monoisotopic (exact) mass is 327 g/mol. The molecule has 118 valence electrons. The standard InChI is InChI=1S/C8H15N3O4S.C2H6OS/c9-4(1-2-6(10)12)7(13)11-5(3-16)8(14)15;1-2(3)4/h4-5,16H,1-3,9H2,(H2,10,12)(H,11,13)(H,14,15);2-4H,1H3/t4-,5-;/m0./s1. The average Bonchev–Trinajstić information content (AvgIpc) is 2.31. The zero-order chi connectivity index (χ0) is 16.3. The molecular weight excluding hydrogens is 306 g/mol. The molecular formula is C10H21N3O5S2. The highest BCUT2D eigenvalue weighted by molar-refractivity contribution is 7.80. The van der Waals surface area contributed by atoms with Gasteiger partial charge >= 0.3 is 5.97 Å². The molecule has 0 aliphatic carbocycles. The lowest BCUT2D eigenvalue weighted by Gasteiger charge is -2.15. The van der Waals surface area contributed by atoms with Gasteiger partial charge in [0.15, 0.2) is 0 Å². The Morgan fingerprint density at radius 1 is 1.35 bits per heavy atom. The summed E-state index contributed by atoms with van der Waals surface area (Å²) in [6.07, 6.45) is 0.0628. The van der Waals surface area contributed by atoms with E-state index in [4.69, 9.17) is 21.7 Å². The molecule has 0 heterocycles. The van der Waals surface area contributed by atoms with Crippen molar-refractivity contribution in [2.75, 3.05) is 5.75 Å². The Kier molecular flexibility index (Phi) is 12.6. The van der Waals surface area contributed by atoms with E-state index in [1.807, 2.05) is 0 Å². The number of primary amides is 1. The number of nitrogens with one attached hydrogen (secondary N) is 1. The highest BCUT2D eigenvalue weighted by Gasteiger charge is 2.21. The zero-order valence-corrected chi connectivity index (χ0v) is 12.8. The van der Waals surface area contributed by atoms with Crippen LogP contribution in [0, 0.1) is 0 Å². The lowest BCUT2D eigenvalue weighted by Crippen LogP contribution is -2.49. The largest absolute Gasteiger partial charge is 0.480 e. The first-order valence-corrected chi connectivity index (χ1v) is 6.80. The number of carboxylic acid groups (broad SMARTS) is 1. The van der Waals surface area contributed by atoms with Gasteiger partial charge in [-0.1, -0.05) is 0 Å². The van der Waals surface area contributed by atoms with E-state index in [9.17, 15) is 14.4 Å². The van der Waals surface area contributed by atoms with E-state index in [0.29, 0.717) is 0 Å². The molecule has 1 unspecified atom stereocenters. The smallest absolute Gasteiger partial charge is 0.327 e. The zero-order valence-electron chi connectivity index (χ0n) is 11.0. The van der Waals surface area contributed by atoms with Crippen molar-refractivity contribution in [3.63, 3.8) is 0 Å². The van der Waals surface area contributed by atoms with Crippen LogP contribution >= 0.6 is 25.3 Å². The maximum Gasteiger partial charge on any atom is 0.327 e. The van der Waals surface area contributed by atoms with Crippen LogP contribution in [0.5, 0.6) is 0 Å². The number of rotatable bonds is 7. The summed E-state index contributed by atoms with van der Waals surface area (Å²) >= 11 is 7.29. The van der Waals surface area contributed by atoms with Crippen LogP contribution < -0.4 is 16.8 Å². The normalized spacial score (nSPS) is 14.2. The van der Waals surface area contributed by atoms with E-state index in [1.165, 1.54) is 0 Å². The summed E-state index contributed by atoms with van der Waals surface area (Å²) in [6.45, 7) is 1.59. The SMILES string of the molecule is CC(O)S.NC(=O)CC[C@H](N)C(=O)N[C@@H](CS)C(=O)O. The number of carbonyl (C=O) groups is 3. The van der Waals surface area contributed by atoms with E-state index in [2.05, 4.69) is 30.6 Å². The lowest BCUT2D eigenvalue weighted by molar-refractivity contribution is -0.141. The van der Waals surface area contributed by atoms with Gasteiger partial charge in [0.2, 0.25) is 11.8 Å². The van der Waals surface area contributed by atoms with Crippen LogP contribution in [0.25, 0.3) is 0 Å². The molecule has 8 nitrogen and oxygen atoms in total. The highest BCUT2D eigenvalue weighted by atomic mass is 32.1. The summed E-state index contributed by atoms with van der Waals surface area (Å²) in [6, 6.07) is -2.04. The molecule has 0 saturated heterocycles. The molecule has 0 rings (SSSR count). The number of amides is 2. The van der Waals surface area contributed by atoms with Crippen LogP contribution in [-0.4, -0.2) is 51.3 Å². The third-order valence-electron chi connectivity index (χ3n) is 1.84. The Balaban J connectivity index is 0. The van der Waals surface area contributed by atoms with Crippen LogP contribution in [0.4, 0.5) is 0 Å². The van der Waals surface area contributed by atoms with Crippen molar-refractivity contribution in [1.29, 1.82) is 0 Å². The highest BCUT2D eigenvalue weighted by Crippen LogP contribution is 1.96. The number of aliphatic carboxylic acids is 1. The van der Waals surface area contributed by atoms with Crippen LogP contribution in [0.3, 0.4) is 0 Å². The van der Waals surface area contributed by atoms with E-state index in [0.717, 1.165) is 0 Å². The second-order valence-corrected chi connectivity index (χ2v) is 4.94. The predicted molar refractivity (Wildman–Crippen MR) is 80.5 cm³/mol. The van der Waals surface area contributed by atoms with E-state index >= 15 is 0 Å². The molecule has 0 aromatic carbocycles. The molecule has 0 aromatic heterocycles. The average molecular weight is 327 g/mol. The Labute approximate surface area is 128 Å². The summed E-state index contributed by atoms with van der Waals surface area (Å²) in [5.41, 5.74) is 9.84. The van der Waals surface area contributed by atoms with Gasteiger partial charge < -0.3 is 27.0 Å².